The molecule has 4 atom stereocenters. The molecule has 1 saturated carbocycles. The number of rotatable bonds is 9. The maximum Gasteiger partial charge on any atom is 0.191 e. The first-order chi connectivity index (χ1) is 11.9. The zero-order valence-corrected chi connectivity index (χ0v) is 17.3. The van der Waals surface area contributed by atoms with Gasteiger partial charge in [-0.3, -0.25) is 4.99 Å². The van der Waals surface area contributed by atoms with Gasteiger partial charge in [0, 0.05) is 36.6 Å². The normalized spacial score (nSPS) is 29.2. The van der Waals surface area contributed by atoms with Crippen molar-refractivity contribution in [3.8, 4) is 0 Å². The first-order valence-electron chi connectivity index (χ1n) is 10.3. The van der Waals surface area contributed by atoms with Crippen molar-refractivity contribution in [2.45, 2.75) is 79.0 Å². The molecule has 2 N–H and O–H groups in total. The van der Waals surface area contributed by atoms with E-state index in [9.17, 15) is 0 Å². The molecule has 2 fully saturated rings. The Morgan fingerprint density at radius 3 is 2.64 bits per heavy atom. The van der Waals surface area contributed by atoms with Gasteiger partial charge in [0.15, 0.2) is 5.96 Å². The minimum Gasteiger partial charge on any atom is -0.377 e. The van der Waals surface area contributed by atoms with Crippen LogP contribution >= 0.6 is 0 Å². The number of nitrogens with one attached hydrogen (secondary N) is 2. The van der Waals surface area contributed by atoms with Gasteiger partial charge in [-0.2, -0.15) is 0 Å². The summed E-state index contributed by atoms with van der Waals surface area (Å²) in [6.07, 6.45) is 3.98. The van der Waals surface area contributed by atoms with Crippen LogP contribution in [0.3, 0.4) is 0 Å². The average molecular weight is 353 g/mol. The quantitative estimate of drug-likeness (QED) is 0.495. The van der Waals surface area contributed by atoms with E-state index in [1.54, 1.807) is 0 Å². The van der Waals surface area contributed by atoms with Crippen LogP contribution in [0.4, 0.5) is 0 Å². The van der Waals surface area contributed by atoms with E-state index in [2.05, 4.69) is 62.1 Å². The van der Waals surface area contributed by atoms with E-state index in [0.717, 1.165) is 32.2 Å². The molecule has 5 nitrogen and oxygen atoms in total. The van der Waals surface area contributed by atoms with Gasteiger partial charge in [-0.1, -0.05) is 27.7 Å². The van der Waals surface area contributed by atoms with Gasteiger partial charge in [0.1, 0.15) is 0 Å². The van der Waals surface area contributed by atoms with Crippen molar-refractivity contribution in [2.75, 3.05) is 32.8 Å². The molecule has 4 unspecified atom stereocenters. The van der Waals surface area contributed by atoms with E-state index < -0.39 is 0 Å². The van der Waals surface area contributed by atoms with Crippen LogP contribution in [0.1, 0.15) is 60.8 Å². The summed E-state index contributed by atoms with van der Waals surface area (Å²) in [6, 6.07) is 0.896. The van der Waals surface area contributed by atoms with E-state index in [1.165, 1.54) is 25.8 Å². The van der Waals surface area contributed by atoms with Crippen molar-refractivity contribution in [1.82, 2.24) is 15.5 Å². The van der Waals surface area contributed by atoms with E-state index in [4.69, 9.17) is 4.74 Å². The Morgan fingerprint density at radius 1 is 1.28 bits per heavy atom. The van der Waals surface area contributed by atoms with Crippen LogP contribution in [0.5, 0.6) is 0 Å². The molecule has 25 heavy (non-hydrogen) atoms. The monoisotopic (exact) mass is 352 g/mol. The SMILES string of the molecule is CCN=C(NC(C)CCCN(CC)CC)NC1C2CCOC2C1(C)C. The van der Waals surface area contributed by atoms with Gasteiger partial charge < -0.3 is 20.3 Å². The van der Waals surface area contributed by atoms with Crippen molar-refractivity contribution in [3.63, 3.8) is 0 Å². The number of aliphatic imine (C=N–C) groups is 1. The van der Waals surface area contributed by atoms with Crippen LogP contribution < -0.4 is 10.6 Å². The molecule has 1 aliphatic heterocycles. The number of hydrogen-bond acceptors (Lipinski definition) is 3. The van der Waals surface area contributed by atoms with Crippen molar-refractivity contribution in [2.24, 2.45) is 16.3 Å². The maximum absolute atomic E-state index is 5.91. The largest absolute Gasteiger partial charge is 0.377 e. The van der Waals surface area contributed by atoms with Gasteiger partial charge in [-0.15, -0.1) is 0 Å². The third-order valence-corrected chi connectivity index (χ3v) is 6.10. The summed E-state index contributed by atoms with van der Waals surface area (Å²) in [5.41, 5.74) is 0.184. The molecule has 0 aromatic rings. The minimum absolute atomic E-state index is 0.184. The smallest absolute Gasteiger partial charge is 0.191 e. The summed E-state index contributed by atoms with van der Waals surface area (Å²) in [5.74, 6) is 1.61. The number of guanidine groups is 1. The molecule has 1 saturated heterocycles. The average Bonchev–Trinajstić information content (AvgIpc) is 3.04. The number of nitrogens with zero attached hydrogens (tertiary/aromatic N) is 2. The Morgan fingerprint density at radius 2 is 2.00 bits per heavy atom. The minimum atomic E-state index is 0.184. The Hall–Kier alpha value is -0.810. The summed E-state index contributed by atoms with van der Waals surface area (Å²) in [4.78, 5) is 7.17. The summed E-state index contributed by atoms with van der Waals surface area (Å²) in [6.45, 7) is 18.7. The summed E-state index contributed by atoms with van der Waals surface area (Å²) in [5, 5.41) is 7.34. The van der Waals surface area contributed by atoms with Crippen molar-refractivity contribution >= 4 is 5.96 Å². The Labute approximate surface area is 155 Å². The standard InChI is InChI=1S/C20H40N4O/c1-7-21-19(22-15(4)11-10-13-24(8-2)9-3)23-17-16-12-14-25-18(16)20(17,5)6/h15-18H,7-14H2,1-6H3,(H2,21,22,23). The molecule has 0 aromatic heterocycles. The number of fused-ring (bicyclic) bond motifs is 1. The van der Waals surface area contributed by atoms with E-state index >= 15 is 0 Å². The second kappa shape index (κ2) is 9.22. The first-order valence-corrected chi connectivity index (χ1v) is 10.3. The fourth-order valence-electron chi connectivity index (χ4n) is 4.52. The Balaban J connectivity index is 1.81. The molecular formula is C20H40N4O. The van der Waals surface area contributed by atoms with Crippen LogP contribution in [0, 0.1) is 11.3 Å². The molecule has 5 heteroatoms. The van der Waals surface area contributed by atoms with Gasteiger partial charge in [-0.25, -0.2) is 0 Å². The molecule has 1 aliphatic carbocycles. The summed E-state index contributed by atoms with van der Waals surface area (Å²) < 4.78 is 5.91. The highest BCUT2D eigenvalue weighted by Gasteiger charge is 2.59. The van der Waals surface area contributed by atoms with E-state index in [-0.39, 0.29) is 5.41 Å². The van der Waals surface area contributed by atoms with E-state index in [1.807, 2.05) is 0 Å². The van der Waals surface area contributed by atoms with Crippen LogP contribution in [-0.4, -0.2) is 61.8 Å². The lowest BCUT2D eigenvalue weighted by molar-refractivity contribution is -0.106. The van der Waals surface area contributed by atoms with Crippen LogP contribution in [0.2, 0.25) is 0 Å². The highest BCUT2D eigenvalue weighted by molar-refractivity contribution is 5.80. The lowest BCUT2D eigenvalue weighted by atomic mass is 9.57. The number of hydrogen-bond donors (Lipinski definition) is 2. The second-order valence-corrected chi connectivity index (χ2v) is 8.22. The van der Waals surface area contributed by atoms with Crippen molar-refractivity contribution in [1.29, 1.82) is 0 Å². The van der Waals surface area contributed by atoms with Gasteiger partial charge in [0.05, 0.1) is 6.10 Å². The summed E-state index contributed by atoms with van der Waals surface area (Å²) in [7, 11) is 0. The first kappa shape index (κ1) is 20.5. The zero-order valence-electron chi connectivity index (χ0n) is 17.3. The van der Waals surface area contributed by atoms with Crippen molar-refractivity contribution in [3.05, 3.63) is 0 Å². The van der Waals surface area contributed by atoms with Crippen LogP contribution in [-0.2, 0) is 4.74 Å². The Kier molecular flexibility index (Phi) is 7.56. The van der Waals surface area contributed by atoms with Gasteiger partial charge >= 0.3 is 0 Å². The number of ether oxygens (including phenoxy) is 1. The molecule has 146 valence electrons. The maximum atomic E-state index is 5.91. The van der Waals surface area contributed by atoms with Gasteiger partial charge in [-0.05, 0) is 52.7 Å². The third-order valence-electron chi connectivity index (χ3n) is 6.10. The van der Waals surface area contributed by atoms with E-state index in [0.29, 0.717) is 24.1 Å². The third kappa shape index (κ3) is 4.88. The molecule has 0 aromatic carbocycles. The Bertz CT molecular complexity index is 433. The predicted octanol–water partition coefficient (Wildman–Crippen LogP) is 2.87. The molecule has 0 amide bonds. The highest BCUT2D eigenvalue weighted by atomic mass is 16.5. The molecular weight excluding hydrogens is 312 g/mol. The molecule has 0 radical (unpaired) electrons. The molecule has 1 heterocycles. The van der Waals surface area contributed by atoms with Gasteiger partial charge in [0.2, 0.25) is 0 Å². The summed E-state index contributed by atoms with van der Waals surface area (Å²) >= 11 is 0. The zero-order chi connectivity index (χ0) is 18.4. The van der Waals surface area contributed by atoms with Gasteiger partial charge in [0.25, 0.3) is 0 Å². The topological polar surface area (TPSA) is 48.9 Å². The van der Waals surface area contributed by atoms with Crippen molar-refractivity contribution < 1.29 is 4.74 Å². The highest BCUT2D eigenvalue weighted by Crippen LogP contribution is 2.52. The molecule has 0 spiro atoms. The fraction of sp³-hybridized carbons (Fsp3) is 0.950. The lowest BCUT2D eigenvalue weighted by Gasteiger charge is -2.55. The lowest BCUT2D eigenvalue weighted by Crippen LogP contribution is -2.68. The fourth-order valence-corrected chi connectivity index (χ4v) is 4.52. The predicted molar refractivity (Wildman–Crippen MR) is 106 cm³/mol. The second-order valence-electron chi connectivity index (χ2n) is 8.22. The molecule has 2 rings (SSSR count). The van der Waals surface area contributed by atoms with Crippen LogP contribution in [0.25, 0.3) is 0 Å². The molecule has 0 bridgehead atoms. The van der Waals surface area contributed by atoms with Crippen LogP contribution in [0.15, 0.2) is 4.99 Å². The molecule has 2 aliphatic rings.